The van der Waals surface area contributed by atoms with Crippen molar-refractivity contribution in [2.75, 3.05) is 0 Å². The Balaban J connectivity index is 1.47. The van der Waals surface area contributed by atoms with Crippen LogP contribution in [0.5, 0.6) is 0 Å². The third kappa shape index (κ3) is 3.54. The zero-order valence-electron chi connectivity index (χ0n) is 17.5. The Morgan fingerprint density at radius 2 is 1.74 bits per heavy atom. The minimum atomic E-state index is -0.297. The smallest absolute Gasteiger partial charge is 0.227 e. The van der Waals surface area contributed by atoms with Gasteiger partial charge in [0.1, 0.15) is 11.6 Å². The molecule has 3 heterocycles. The topological polar surface area (TPSA) is 43.1 Å². The second-order valence-corrected chi connectivity index (χ2v) is 8.07. The number of carbonyl (C=O) groups excluding carboxylic acids is 1. The van der Waals surface area contributed by atoms with Crippen molar-refractivity contribution in [3.63, 3.8) is 0 Å². The summed E-state index contributed by atoms with van der Waals surface area (Å²) in [4.78, 5) is 14.7. The Morgan fingerprint density at radius 1 is 1.00 bits per heavy atom. The quantitative estimate of drug-likeness (QED) is 0.493. The van der Waals surface area contributed by atoms with Gasteiger partial charge in [0.2, 0.25) is 5.91 Å². The van der Waals surface area contributed by atoms with Crippen molar-refractivity contribution in [2.24, 2.45) is 0 Å². The number of nitrogens with zero attached hydrogens (tertiary/aromatic N) is 4. The van der Waals surface area contributed by atoms with Crippen molar-refractivity contribution in [3.05, 3.63) is 101 Å². The maximum Gasteiger partial charge on any atom is 0.227 e. The Morgan fingerprint density at radius 3 is 2.45 bits per heavy atom. The highest BCUT2D eigenvalue weighted by atomic mass is 19.1. The average Bonchev–Trinajstić information content (AvgIpc) is 3.47. The molecule has 0 atom stereocenters. The second-order valence-electron chi connectivity index (χ2n) is 8.07. The molecule has 2 aromatic heterocycles. The van der Waals surface area contributed by atoms with Crippen LogP contribution >= 0.6 is 0 Å². The molecule has 1 aliphatic heterocycles. The summed E-state index contributed by atoms with van der Waals surface area (Å²) in [5.41, 5.74) is 6.23. The Hall–Kier alpha value is -3.67. The number of aromatic nitrogens is 3. The van der Waals surface area contributed by atoms with Gasteiger partial charge >= 0.3 is 0 Å². The molecule has 6 heteroatoms. The van der Waals surface area contributed by atoms with Crippen molar-refractivity contribution >= 4 is 5.91 Å². The van der Waals surface area contributed by atoms with Crippen molar-refractivity contribution < 1.29 is 9.18 Å². The lowest BCUT2D eigenvalue weighted by atomic mass is 10.1. The van der Waals surface area contributed by atoms with Crippen molar-refractivity contribution in [3.8, 4) is 11.5 Å². The summed E-state index contributed by atoms with van der Waals surface area (Å²) in [5, 5.41) is 4.89. The molecule has 31 heavy (non-hydrogen) atoms. The maximum atomic E-state index is 13.2. The Labute approximate surface area is 180 Å². The first-order valence-electron chi connectivity index (χ1n) is 10.3. The second kappa shape index (κ2) is 7.54. The predicted molar refractivity (Wildman–Crippen MR) is 117 cm³/mol. The minimum absolute atomic E-state index is 0.0146. The number of benzene rings is 2. The van der Waals surface area contributed by atoms with Crippen LogP contribution in [0.1, 0.15) is 27.9 Å². The van der Waals surface area contributed by atoms with Gasteiger partial charge in [-0.1, -0.05) is 18.2 Å². The number of rotatable bonds is 4. The summed E-state index contributed by atoms with van der Waals surface area (Å²) in [6.07, 6.45) is 4.25. The SMILES string of the molecule is Cc1ccc(-n2nc3c(c2-n2cccc2)CN(C(=O)Cc2ccc(F)cc2)C3)cc1C. The molecule has 1 amide bonds. The van der Waals surface area contributed by atoms with E-state index in [1.807, 2.05) is 34.1 Å². The van der Waals surface area contributed by atoms with Crippen LogP contribution in [0, 0.1) is 19.7 Å². The van der Waals surface area contributed by atoms with Crippen LogP contribution in [0.15, 0.2) is 67.0 Å². The molecule has 0 unspecified atom stereocenters. The van der Waals surface area contributed by atoms with Crippen LogP contribution in [-0.2, 0) is 24.3 Å². The first-order valence-corrected chi connectivity index (χ1v) is 10.3. The van der Waals surface area contributed by atoms with E-state index >= 15 is 0 Å². The fourth-order valence-corrected chi connectivity index (χ4v) is 4.05. The van der Waals surface area contributed by atoms with E-state index < -0.39 is 0 Å². The number of amides is 1. The molecule has 5 rings (SSSR count). The van der Waals surface area contributed by atoms with E-state index in [0.29, 0.717) is 13.1 Å². The first kappa shape index (κ1) is 19.3. The zero-order chi connectivity index (χ0) is 21.5. The Bertz CT molecular complexity index is 1260. The predicted octanol–water partition coefficient (Wildman–Crippen LogP) is 4.50. The molecule has 0 N–H and O–H groups in total. The molecule has 0 radical (unpaired) electrons. The van der Waals surface area contributed by atoms with Crippen molar-refractivity contribution in [1.29, 1.82) is 0 Å². The van der Waals surface area contributed by atoms with Crippen LogP contribution in [-0.4, -0.2) is 25.2 Å². The highest BCUT2D eigenvalue weighted by Crippen LogP contribution is 2.31. The third-order valence-corrected chi connectivity index (χ3v) is 5.93. The molecule has 0 saturated carbocycles. The van der Waals surface area contributed by atoms with E-state index in [1.54, 1.807) is 12.1 Å². The summed E-state index contributed by atoms with van der Waals surface area (Å²) in [6, 6.07) is 16.4. The van der Waals surface area contributed by atoms with E-state index in [1.165, 1.54) is 23.3 Å². The lowest BCUT2D eigenvalue weighted by molar-refractivity contribution is -0.131. The third-order valence-electron chi connectivity index (χ3n) is 5.93. The fourth-order valence-electron chi connectivity index (χ4n) is 4.05. The molecular formula is C25H23FN4O. The zero-order valence-corrected chi connectivity index (χ0v) is 17.5. The number of hydrogen-bond acceptors (Lipinski definition) is 2. The maximum absolute atomic E-state index is 13.2. The molecule has 4 aromatic rings. The highest BCUT2D eigenvalue weighted by molar-refractivity contribution is 5.79. The van der Waals surface area contributed by atoms with Gasteiger partial charge in [-0.15, -0.1) is 0 Å². The lowest BCUT2D eigenvalue weighted by Gasteiger charge is -2.18. The van der Waals surface area contributed by atoms with Crippen LogP contribution in [0.4, 0.5) is 4.39 Å². The van der Waals surface area contributed by atoms with Gasteiger partial charge in [-0.25, -0.2) is 9.07 Å². The molecule has 5 nitrogen and oxygen atoms in total. The number of halogens is 1. The van der Waals surface area contributed by atoms with Gasteiger partial charge in [-0.3, -0.25) is 4.79 Å². The van der Waals surface area contributed by atoms with Gasteiger partial charge < -0.3 is 9.47 Å². The molecule has 0 aliphatic carbocycles. The van der Waals surface area contributed by atoms with Crippen LogP contribution in [0.25, 0.3) is 11.5 Å². The summed E-state index contributed by atoms with van der Waals surface area (Å²) in [6.45, 7) is 5.18. The van der Waals surface area contributed by atoms with Crippen LogP contribution < -0.4 is 0 Å². The van der Waals surface area contributed by atoms with Gasteiger partial charge in [0.05, 0.1) is 30.9 Å². The fraction of sp³-hybridized carbons (Fsp3) is 0.200. The molecule has 0 spiro atoms. The highest BCUT2D eigenvalue weighted by Gasteiger charge is 2.31. The van der Waals surface area contributed by atoms with E-state index in [9.17, 15) is 9.18 Å². The van der Waals surface area contributed by atoms with Gasteiger partial charge in [0, 0.05) is 18.0 Å². The molecule has 1 aliphatic rings. The molecule has 2 aromatic carbocycles. The van der Waals surface area contributed by atoms with Crippen LogP contribution in [0.3, 0.4) is 0 Å². The average molecular weight is 414 g/mol. The number of hydrogen-bond donors (Lipinski definition) is 0. The van der Waals surface area contributed by atoms with E-state index in [4.69, 9.17) is 5.10 Å². The van der Waals surface area contributed by atoms with E-state index in [-0.39, 0.29) is 18.1 Å². The summed E-state index contributed by atoms with van der Waals surface area (Å²) < 4.78 is 17.2. The number of fused-ring (bicyclic) bond motifs is 1. The molecule has 0 fully saturated rings. The van der Waals surface area contributed by atoms with Gasteiger partial charge in [0.25, 0.3) is 0 Å². The van der Waals surface area contributed by atoms with E-state index in [0.717, 1.165) is 28.3 Å². The molecule has 156 valence electrons. The largest absolute Gasteiger partial charge is 0.332 e. The Kier molecular flexibility index (Phi) is 4.70. The molecule has 0 saturated heterocycles. The normalized spacial score (nSPS) is 12.9. The summed E-state index contributed by atoms with van der Waals surface area (Å²) in [7, 11) is 0. The lowest BCUT2D eigenvalue weighted by Crippen LogP contribution is -2.27. The summed E-state index contributed by atoms with van der Waals surface area (Å²) >= 11 is 0. The van der Waals surface area contributed by atoms with E-state index in [2.05, 4.69) is 36.6 Å². The van der Waals surface area contributed by atoms with Crippen molar-refractivity contribution in [2.45, 2.75) is 33.4 Å². The monoisotopic (exact) mass is 414 g/mol. The minimum Gasteiger partial charge on any atom is -0.332 e. The summed E-state index contributed by atoms with van der Waals surface area (Å²) in [5.74, 6) is 0.676. The molecular weight excluding hydrogens is 391 g/mol. The first-order chi connectivity index (χ1) is 15.0. The standard InChI is InChI=1S/C25H23FN4O/c1-17-5-10-21(13-18(17)2)30-25(28-11-3-4-12-28)22-15-29(16-23(22)27-30)24(31)14-19-6-8-20(26)9-7-19/h3-13H,14-16H2,1-2H3. The number of aryl methyl sites for hydroxylation is 2. The van der Waals surface area contributed by atoms with Gasteiger partial charge in [0.15, 0.2) is 0 Å². The van der Waals surface area contributed by atoms with Gasteiger partial charge in [-0.05, 0) is 66.9 Å². The van der Waals surface area contributed by atoms with Gasteiger partial charge in [-0.2, -0.15) is 5.10 Å². The van der Waals surface area contributed by atoms with Crippen LogP contribution in [0.2, 0.25) is 0 Å². The number of carbonyl (C=O) groups is 1. The molecule has 0 bridgehead atoms. The van der Waals surface area contributed by atoms with Crippen molar-refractivity contribution in [1.82, 2.24) is 19.2 Å².